The van der Waals surface area contributed by atoms with Crippen LogP contribution < -0.4 is 5.76 Å². The molecule has 2 heterocycles. The molecule has 2 aromatic rings. The first-order valence-electron chi connectivity index (χ1n) is 4.02. The number of nitrogens with one attached hydrogen (secondary N) is 1. The van der Waals surface area contributed by atoms with Gasteiger partial charge in [-0.3, -0.25) is 4.98 Å². The summed E-state index contributed by atoms with van der Waals surface area (Å²) in [5.74, 6) is -0.254. The number of hydrogen-bond donors (Lipinski definition) is 1. The average Bonchev–Trinajstić information content (AvgIpc) is 2.43. The van der Waals surface area contributed by atoms with Gasteiger partial charge in [-0.15, -0.1) is 0 Å². The van der Waals surface area contributed by atoms with Crippen LogP contribution in [0.25, 0.3) is 11.2 Å². The van der Waals surface area contributed by atoms with Gasteiger partial charge in [0, 0.05) is 0 Å². The van der Waals surface area contributed by atoms with Gasteiger partial charge in [0.25, 0.3) is 5.71 Å². The molecule has 0 amide bonds. The Kier molecular flexibility index (Phi) is 1.65. The van der Waals surface area contributed by atoms with Crippen molar-refractivity contribution in [1.29, 1.82) is 0 Å². The fraction of sp³-hybridized carbons (Fsp3) is 0.375. The SMILES string of the molecule is CC(C)c1ncnc2oc(=O)[nH]c12. The molecule has 0 aliphatic carbocycles. The van der Waals surface area contributed by atoms with Crippen molar-refractivity contribution in [2.75, 3.05) is 0 Å². The van der Waals surface area contributed by atoms with Crippen LogP contribution in [0.4, 0.5) is 0 Å². The fourth-order valence-electron chi connectivity index (χ4n) is 1.23. The zero-order chi connectivity index (χ0) is 9.42. The second-order valence-electron chi connectivity index (χ2n) is 3.11. The molecule has 5 heteroatoms. The number of aromatic nitrogens is 3. The normalized spacial score (nSPS) is 11.3. The third-order valence-electron chi connectivity index (χ3n) is 1.81. The molecule has 2 rings (SSSR count). The summed E-state index contributed by atoms with van der Waals surface area (Å²) in [5, 5.41) is 0. The standard InChI is InChI=1S/C8H9N3O2/c1-4(2)5-6-7(10-3-9-5)13-8(12)11-6/h3-4H,1-2H3,(H,11,12). The highest BCUT2D eigenvalue weighted by Crippen LogP contribution is 2.17. The number of fused-ring (bicyclic) bond motifs is 1. The molecule has 0 saturated heterocycles. The van der Waals surface area contributed by atoms with E-state index in [-0.39, 0.29) is 5.92 Å². The van der Waals surface area contributed by atoms with Crippen molar-refractivity contribution in [3.8, 4) is 0 Å². The number of H-pyrrole nitrogens is 1. The first kappa shape index (κ1) is 7.97. The van der Waals surface area contributed by atoms with E-state index in [9.17, 15) is 4.79 Å². The van der Waals surface area contributed by atoms with Crippen LogP contribution in [0.3, 0.4) is 0 Å². The van der Waals surface area contributed by atoms with Crippen molar-refractivity contribution in [2.45, 2.75) is 19.8 Å². The largest absolute Gasteiger partial charge is 0.418 e. The molecule has 13 heavy (non-hydrogen) atoms. The first-order valence-corrected chi connectivity index (χ1v) is 4.02. The Hall–Kier alpha value is -1.65. The molecule has 0 aliphatic heterocycles. The quantitative estimate of drug-likeness (QED) is 0.709. The van der Waals surface area contributed by atoms with E-state index in [1.807, 2.05) is 13.8 Å². The first-order chi connectivity index (χ1) is 6.18. The van der Waals surface area contributed by atoms with Gasteiger partial charge in [0.1, 0.15) is 11.8 Å². The van der Waals surface area contributed by atoms with E-state index in [0.717, 1.165) is 5.69 Å². The molecular weight excluding hydrogens is 170 g/mol. The van der Waals surface area contributed by atoms with Gasteiger partial charge in [-0.2, -0.15) is 4.98 Å². The van der Waals surface area contributed by atoms with Crippen molar-refractivity contribution in [1.82, 2.24) is 15.0 Å². The highest BCUT2D eigenvalue weighted by molar-refractivity contribution is 5.70. The van der Waals surface area contributed by atoms with Gasteiger partial charge >= 0.3 is 5.76 Å². The van der Waals surface area contributed by atoms with Crippen LogP contribution in [0.1, 0.15) is 25.5 Å². The third-order valence-corrected chi connectivity index (χ3v) is 1.81. The highest BCUT2D eigenvalue weighted by Gasteiger charge is 2.11. The zero-order valence-corrected chi connectivity index (χ0v) is 7.37. The van der Waals surface area contributed by atoms with Crippen LogP contribution >= 0.6 is 0 Å². The monoisotopic (exact) mass is 179 g/mol. The molecule has 0 radical (unpaired) electrons. The Morgan fingerprint density at radius 2 is 2.23 bits per heavy atom. The lowest BCUT2D eigenvalue weighted by Gasteiger charge is -2.01. The minimum atomic E-state index is -0.489. The van der Waals surface area contributed by atoms with Gasteiger partial charge < -0.3 is 4.42 Å². The number of nitrogens with zero attached hydrogens (tertiary/aromatic N) is 2. The molecule has 5 nitrogen and oxygen atoms in total. The Labute approximate surface area is 73.8 Å². The number of rotatable bonds is 1. The van der Waals surface area contributed by atoms with Crippen molar-refractivity contribution >= 4 is 11.2 Å². The van der Waals surface area contributed by atoms with Crippen LogP contribution in [0.5, 0.6) is 0 Å². The summed E-state index contributed by atoms with van der Waals surface area (Å²) in [6.07, 6.45) is 1.40. The third kappa shape index (κ3) is 1.22. The number of hydrogen-bond acceptors (Lipinski definition) is 4. The maximum Gasteiger partial charge on any atom is 0.418 e. The van der Waals surface area contributed by atoms with E-state index in [1.165, 1.54) is 6.33 Å². The minimum Gasteiger partial charge on any atom is -0.389 e. The van der Waals surface area contributed by atoms with Gasteiger partial charge in [0.05, 0.1) is 5.69 Å². The summed E-state index contributed by atoms with van der Waals surface area (Å²) >= 11 is 0. The van der Waals surface area contributed by atoms with Crippen molar-refractivity contribution in [3.05, 3.63) is 22.6 Å². The summed E-state index contributed by atoms with van der Waals surface area (Å²) in [6.45, 7) is 3.99. The lowest BCUT2D eigenvalue weighted by molar-refractivity contribution is 0.545. The molecular formula is C8H9N3O2. The van der Waals surface area contributed by atoms with Gasteiger partial charge in [-0.1, -0.05) is 13.8 Å². The smallest absolute Gasteiger partial charge is 0.389 e. The van der Waals surface area contributed by atoms with E-state index in [1.54, 1.807) is 0 Å². The highest BCUT2D eigenvalue weighted by atomic mass is 16.4. The fourth-order valence-corrected chi connectivity index (χ4v) is 1.23. The molecule has 0 unspecified atom stereocenters. The molecule has 0 saturated carbocycles. The van der Waals surface area contributed by atoms with Gasteiger partial charge in [-0.25, -0.2) is 9.78 Å². The molecule has 0 atom stereocenters. The predicted octanol–water partition coefficient (Wildman–Crippen LogP) is 1.03. The zero-order valence-electron chi connectivity index (χ0n) is 7.37. The van der Waals surface area contributed by atoms with Crippen molar-refractivity contribution in [2.24, 2.45) is 0 Å². The molecule has 68 valence electrons. The molecule has 0 spiro atoms. The molecule has 0 aliphatic rings. The number of aromatic amines is 1. The summed E-state index contributed by atoms with van der Waals surface area (Å²) in [4.78, 5) is 21.3. The van der Waals surface area contributed by atoms with E-state index in [4.69, 9.17) is 4.42 Å². The van der Waals surface area contributed by atoms with E-state index in [0.29, 0.717) is 11.2 Å². The number of oxazole rings is 1. The van der Waals surface area contributed by atoms with Gasteiger partial charge in [0.2, 0.25) is 0 Å². The molecule has 1 N–H and O–H groups in total. The Morgan fingerprint density at radius 3 is 2.92 bits per heavy atom. The van der Waals surface area contributed by atoms with Crippen LogP contribution in [-0.4, -0.2) is 15.0 Å². The minimum absolute atomic E-state index is 0.235. The van der Waals surface area contributed by atoms with Crippen LogP contribution in [0, 0.1) is 0 Å². The molecule has 0 fully saturated rings. The summed E-state index contributed by atoms with van der Waals surface area (Å²) in [5.41, 5.74) is 1.72. The summed E-state index contributed by atoms with van der Waals surface area (Å²) in [6, 6.07) is 0. The topological polar surface area (TPSA) is 71.8 Å². The lowest BCUT2D eigenvalue weighted by Crippen LogP contribution is -1.97. The van der Waals surface area contributed by atoms with Crippen LogP contribution in [-0.2, 0) is 0 Å². The van der Waals surface area contributed by atoms with Crippen molar-refractivity contribution < 1.29 is 4.42 Å². The summed E-state index contributed by atoms with van der Waals surface area (Å²) < 4.78 is 4.80. The maximum absolute atomic E-state index is 10.9. The second kappa shape index (κ2) is 2.69. The lowest BCUT2D eigenvalue weighted by atomic mass is 10.1. The van der Waals surface area contributed by atoms with Crippen molar-refractivity contribution in [3.63, 3.8) is 0 Å². The average molecular weight is 179 g/mol. The predicted molar refractivity (Wildman–Crippen MR) is 46.5 cm³/mol. The second-order valence-corrected chi connectivity index (χ2v) is 3.11. The molecule has 2 aromatic heterocycles. The van der Waals surface area contributed by atoms with E-state index < -0.39 is 5.76 Å². The summed E-state index contributed by atoms with van der Waals surface area (Å²) in [7, 11) is 0. The molecule has 0 bridgehead atoms. The van der Waals surface area contributed by atoms with Gasteiger partial charge in [0.15, 0.2) is 0 Å². The van der Waals surface area contributed by atoms with Gasteiger partial charge in [-0.05, 0) is 5.92 Å². The van der Waals surface area contributed by atoms with Crippen LogP contribution in [0.2, 0.25) is 0 Å². The Bertz CT molecular complexity index is 483. The van der Waals surface area contributed by atoms with Crippen LogP contribution in [0.15, 0.2) is 15.5 Å². The van der Waals surface area contributed by atoms with E-state index >= 15 is 0 Å². The maximum atomic E-state index is 10.9. The molecule has 0 aromatic carbocycles. The Balaban J connectivity index is 2.82. The Morgan fingerprint density at radius 1 is 1.46 bits per heavy atom. The van der Waals surface area contributed by atoms with E-state index in [2.05, 4.69) is 15.0 Å².